The van der Waals surface area contributed by atoms with Crippen LogP contribution < -0.4 is 10.1 Å². The van der Waals surface area contributed by atoms with E-state index < -0.39 is 0 Å². The third-order valence-corrected chi connectivity index (χ3v) is 4.67. The first-order chi connectivity index (χ1) is 12.0. The lowest BCUT2D eigenvalue weighted by atomic mass is 10.0. The van der Waals surface area contributed by atoms with Crippen LogP contribution in [0.2, 0.25) is 0 Å². The van der Waals surface area contributed by atoms with E-state index in [0.717, 1.165) is 11.3 Å². The zero-order valence-corrected chi connectivity index (χ0v) is 15.0. The van der Waals surface area contributed by atoms with Gasteiger partial charge in [0.05, 0.1) is 18.4 Å². The highest BCUT2D eigenvalue weighted by molar-refractivity contribution is 7.15. The van der Waals surface area contributed by atoms with Crippen LogP contribution in [0.4, 0.5) is 5.95 Å². The highest BCUT2D eigenvalue weighted by Crippen LogP contribution is 2.22. The molecule has 0 saturated heterocycles. The van der Waals surface area contributed by atoms with Crippen molar-refractivity contribution in [3.63, 3.8) is 0 Å². The van der Waals surface area contributed by atoms with Crippen LogP contribution >= 0.6 is 11.3 Å². The van der Waals surface area contributed by atoms with Gasteiger partial charge in [-0.3, -0.25) is 14.9 Å². The Kier molecular flexibility index (Phi) is 4.80. The fraction of sp³-hybridized carbons (Fsp3) is 0.294. The Morgan fingerprint density at radius 3 is 2.80 bits per heavy atom. The smallest absolute Gasteiger partial charge is 0.250 e. The van der Waals surface area contributed by atoms with Crippen molar-refractivity contribution in [2.24, 2.45) is 0 Å². The average Bonchev–Trinajstić information content (AvgIpc) is 3.14. The van der Waals surface area contributed by atoms with Gasteiger partial charge in [0.2, 0.25) is 16.8 Å². The molecule has 0 aliphatic carbocycles. The number of carbonyl (C=O) groups excluding carboxylic acids is 2. The van der Waals surface area contributed by atoms with Crippen LogP contribution in [0, 0.1) is 13.8 Å². The van der Waals surface area contributed by atoms with Gasteiger partial charge in [0.25, 0.3) is 0 Å². The summed E-state index contributed by atoms with van der Waals surface area (Å²) < 4.78 is 6.89. The van der Waals surface area contributed by atoms with E-state index in [2.05, 4.69) is 15.4 Å². The predicted octanol–water partition coefficient (Wildman–Crippen LogP) is 3.02. The molecule has 25 heavy (non-hydrogen) atoms. The van der Waals surface area contributed by atoms with Crippen molar-refractivity contribution in [1.29, 1.82) is 0 Å². The number of anilines is 1. The van der Waals surface area contributed by atoms with E-state index in [1.54, 1.807) is 16.6 Å². The van der Waals surface area contributed by atoms with E-state index >= 15 is 0 Å². The number of aromatic nitrogens is 3. The second kappa shape index (κ2) is 7.02. The summed E-state index contributed by atoms with van der Waals surface area (Å²) in [5.74, 6) is 0.337. The predicted molar refractivity (Wildman–Crippen MR) is 95.5 cm³/mol. The minimum absolute atomic E-state index is 0.0573. The zero-order valence-electron chi connectivity index (χ0n) is 14.2. The Morgan fingerprint density at radius 1 is 1.28 bits per heavy atom. The largest absolute Gasteiger partial charge is 0.496 e. The molecule has 130 valence electrons. The first-order valence-electron chi connectivity index (χ1n) is 7.76. The van der Waals surface area contributed by atoms with Gasteiger partial charge in [-0.15, -0.1) is 16.4 Å². The van der Waals surface area contributed by atoms with E-state index in [9.17, 15) is 9.59 Å². The SMILES string of the molecule is COc1ccc(C)cc1C(=O)CCC(=O)Nc1nc2scc(C)n2n1. The summed E-state index contributed by atoms with van der Waals surface area (Å²) in [6.07, 6.45) is 0.147. The zero-order chi connectivity index (χ0) is 18.0. The van der Waals surface area contributed by atoms with Crippen molar-refractivity contribution in [3.8, 4) is 5.75 Å². The molecule has 0 aliphatic heterocycles. The Labute approximate surface area is 148 Å². The highest BCUT2D eigenvalue weighted by Gasteiger charge is 2.16. The van der Waals surface area contributed by atoms with Crippen LogP contribution in [0.3, 0.4) is 0 Å². The monoisotopic (exact) mass is 358 g/mol. The van der Waals surface area contributed by atoms with Crippen molar-refractivity contribution in [2.75, 3.05) is 12.4 Å². The number of Topliss-reactive ketones (excluding diaryl/α,β-unsaturated/α-hetero) is 1. The molecule has 1 amide bonds. The van der Waals surface area contributed by atoms with Crippen LogP contribution in [0.15, 0.2) is 23.6 Å². The van der Waals surface area contributed by atoms with Gasteiger partial charge in [-0.2, -0.15) is 4.98 Å². The fourth-order valence-corrected chi connectivity index (χ4v) is 3.23. The number of ketones is 1. The molecule has 0 atom stereocenters. The van der Waals surface area contributed by atoms with Gasteiger partial charge >= 0.3 is 0 Å². The number of nitrogens with one attached hydrogen (secondary N) is 1. The number of ether oxygens (including phenoxy) is 1. The first kappa shape index (κ1) is 17.1. The van der Waals surface area contributed by atoms with Crippen LogP contribution in [0.25, 0.3) is 4.96 Å². The van der Waals surface area contributed by atoms with Gasteiger partial charge in [-0.05, 0) is 26.0 Å². The lowest BCUT2D eigenvalue weighted by molar-refractivity contribution is -0.116. The number of benzene rings is 1. The molecule has 2 aromatic heterocycles. The molecule has 0 spiro atoms. The maximum absolute atomic E-state index is 12.4. The molecule has 7 nitrogen and oxygen atoms in total. The normalized spacial score (nSPS) is 10.8. The number of aryl methyl sites for hydroxylation is 2. The maximum Gasteiger partial charge on any atom is 0.250 e. The van der Waals surface area contributed by atoms with Gasteiger partial charge in [0, 0.05) is 18.2 Å². The number of hydrogen-bond donors (Lipinski definition) is 1. The van der Waals surface area contributed by atoms with Crippen LogP contribution in [0.5, 0.6) is 5.75 Å². The van der Waals surface area contributed by atoms with E-state index in [-0.39, 0.29) is 30.5 Å². The average molecular weight is 358 g/mol. The number of fused-ring (bicyclic) bond motifs is 1. The number of hydrogen-bond acceptors (Lipinski definition) is 6. The molecule has 0 bridgehead atoms. The molecule has 0 fully saturated rings. The summed E-state index contributed by atoms with van der Waals surface area (Å²) in [5.41, 5.74) is 2.41. The third kappa shape index (κ3) is 3.69. The van der Waals surface area contributed by atoms with Gasteiger partial charge in [-0.1, -0.05) is 11.6 Å². The summed E-state index contributed by atoms with van der Waals surface area (Å²) in [5, 5.41) is 8.79. The van der Waals surface area contributed by atoms with Crippen molar-refractivity contribution in [1.82, 2.24) is 14.6 Å². The van der Waals surface area contributed by atoms with Gasteiger partial charge in [0.1, 0.15) is 5.75 Å². The molecular weight excluding hydrogens is 340 g/mol. The first-order valence-corrected chi connectivity index (χ1v) is 8.64. The van der Waals surface area contributed by atoms with Gasteiger partial charge < -0.3 is 4.74 Å². The Bertz CT molecular complexity index is 945. The maximum atomic E-state index is 12.4. The van der Waals surface area contributed by atoms with Crippen molar-refractivity contribution in [2.45, 2.75) is 26.7 Å². The molecule has 2 heterocycles. The minimum atomic E-state index is -0.295. The molecule has 0 saturated carbocycles. The van der Waals surface area contributed by atoms with E-state index in [1.807, 2.05) is 25.3 Å². The summed E-state index contributed by atoms with van der Waals surface area (Å²) in [4.78, 5) is 29.4. The van der Waals surface area contributed by atoms with E-state index in [0.29, 0.717) is 16.3 Å². The van der Waals surface area contributed by atoms with Crippen LogP contribution in [-0.4, -0.2) is 33.4 Å². The molecule has 1 N–H and O–H groups in total. The molecule has 8 heteroatoms. The molecular formula is C17H18N4O3S. The number of methoxy groups -OCH3 is 1. The Balaban J connectivity index is 1.62. The lowest BCUT2D eigenvalue weighted by Crippen LogP contribution is -2.15. The van der Waals surface area contributed by atoms with Crippen LogP contribution in [-0.2, 0) is 4.79 Å². The summed E-state index contributed by atoms with van der Waals surface area (Å²) in [7, 11) is 1.52. The van der Waals surface area contributed by atoms with Crippen LogP contribution in [0.1, 0.15) is 34.5 Å². The highest BCUT2D eigenvalue weighted by atomic mass is 32.1. The van der Waals surface area contributed by atoms with Crippen molar-refractivity contribution >= 4 is 33.9 Å². The second-order valence-electron chi connectivity index (χ2n) is 5.68. The quantitative estimate of drug-likeness (QED) is 0.685. The van der Waals surface area contributed by atoms with Gasteiger partial charge in [0.15, 0.2) is 5.78 Å². The second-order valence-corrected chi connectivity index (χ2v) is 6.52. The molecule has 0 unspecified atom stereocenters. The summed E-state index contributed by atoms with van der Waals surface area (Å²) in [6, 6.07) is 5.40. The lowest BCUT2D eigenvalue weighted by Gasteiger charge is -2.08. The van der Waals surface area contributed by atoms with Crippen molar-refractivity contribution < 1.29 is 14.3 Å². The standard InChI is InChI=1S/C17H18N4O3S/c1-10-4-6-14(24-3)12(8-10)13(22)5-7-15(23)18-16-19-17-21(20-16)11(2)9-25-17/h4,6,8-9H,5,7H2,1-3H3,(H,18,20,23). The molecule has 3 aromatic rings. The van der Waals surface area contributed by atoms with E-state index in [4.69, 9.17) is 4.74 Å². The topological polar surface area (TPSA) is 85.6 Å². The summed E-state index contributed by atoms with van der Waals surface area (Å²) >= 11 is 1.45. The number of rotatable bonds is 6. The van der Waals surface area contributed by atoms with Crippen molar-refractivity contribution in [3.05, 3.63) is 40.4 Å². The number of amides is 1. The Morgan fingerprint density at radius 2 is 2.08 bits per heavy atom. The Hall–Kier alpha value is -2.74. The molecule has 3 rings (SSSR count). The van der Waals surface area contributed by atoms with E-state index in [1.165, 1.54) is 18.4 Å². The number of thiazole rings is 1. The third-order valence-electron chi connectivity index (χ3n) is 3.73. The fourth-order valence-electron chi connectivity index (χ4n) is 2.43. The molecule has 0 radical (unpaired) electrons. The molecule has 0 aliphatic rings. The number of nitrogens with zero attached hydrogens (tertiary/aromatic N) is 3. The molecule has 1 aromatic carbocycles. The minimum Gasteiger partial charge on any atom is -0.496 e. The van der Waals surface area contributed by atoms with Gasteiger partial charge in [-0.25, -0.2) is 4.52 Å². The summed E-state index contributed by atoms with van der Waals surface area (Å²) in [6.45, 7) is 3.82. The number of carbonyl (C=O) groups is 2.